The van der Waals surface area contributed by atoms with Crippen LogP contribution < -0.4 is 4.74 Å². The molecule has 5 aromatic rings. The Morgan fingerprint density at radius 2 is 1.20 bits per heavy atom. The number of fused-ring (bicyclic) bond motifs is 3. The molecule has 4 heteroatoms. The average molecular weight is 607 g/mol. The van der Waals surface area contributed by atoms with Crippen LogP contribution in [0.4, 0.5) is 0 Å². The van der Waals surface area contributed by atoms with Crippen molar-refractivity contribution in [2.45, 2.75) is 18.8 Å². The van der Waals surface area contributed by atoms with E-state index >= 15 is 0 Å². The molecule has 0 radical (unpaired) electrons. The summed E-state index contributed by atoms with van der Waals surface area (Å²) in [7, 11) is 0. The molecule has 0 spiro atoms. The Hall–Kier alpha value is -4.90. The zero-order valence-electron chi connectivity index (χ0n) is 26.0. The number of aliphatic hydroxyl groups is 2. The minimum atomic E-state index is -0.580. The minimum Gasteiger partial charge on any atom is -0.495 e. The van der Waals surface area contributed by atoms with Crippen LogP contribution in [0.5, 0.6) is 5.75 Å². The first-order chi connectivity index (χ1) is 22.7. The van der Waals surface area contributed by atoms with Crippen molar-refractivity contribution in [2.75, 3.05) is 26.4 Å². The Kier molecular flexibility index (Phi) is 8.32. The highest BCUT2D eigenvalue weighted by Crippen LogP contribution is 2.59. The van der Waals surface area contributed by atoms with E-state index in [1.165, 1.54) is 27.8 Å². The van der Waals surface area contributed by atoms with Crippen molar-refractivity contribution in [3.8, 4) is 28.0 Å². The van der Waals surface area contributed by atoms with Crippen LogP contribution in [0, 0.1) is 5.92 Å². The summed E-state index contributed by atoms with van der Waals surface area (Å²) in [6.45, 7) is 2.61. The average Bonchev–Trinajstić information content (AvgIpc) is 3.42. The molecule has 230 valence electrons. The summed E-state index contributed by atoms with van der Waals surface area (Å²) in [6.07, 6.45) is 3.13. The maximum Gasteiger partial charge on any atom is 0.127 e. The Balaban J connectivity index is 1.55. The summed E-state index contributed by atoms with van der Waals surface area (Å²) in [5, 5.41) is 19.3. The van der Waals surface area contributed by atoms with Gasteiger partial charge in [0.05, 0.1) is 18.6 Å². The van der Waals surface area contributed by atoms with E-state index in [4.69, 9.17) is 9.47 Å². The summed E-state index contributed by atoms with van der Waals surface area (Å²) in [5.41, 5.74) is 11.0. The molecule has 0 aliphatic heterocycles. The zero-order valence-corrected chi connectivity index (χ0v) is 26.0. The number of aliphatic hydroxyl groups excluding tert-OH is 2. The third-order valence-electron chi connectivity index (χ3n) is 9.27. The molecule has 2 N–H and O–H groups in total. The molecule has 0 aromatic heterocycles. The van der Waals surface area contributed by atoms with Gasteiger partial charge >= 0.3 is 0 Å². The molecule has 2 aliphatic carbocycles. The van der Waals surface area contributed by atoms with Gasteiger partial charge in [0.2, 0.25) is 0 Å². The second-order valence-electron chi connectivity index (χ2n) is 12.0. The summed E-state index contributed by atoms with van der Waals surface area (Å²) < 4.78 is 12.4. The normalized spacial score (nSPS) is 16.4. The molecule has 0 bridgehead atoms. The van der Waals surface area contributed by atoms with E-state index in [-0.39, 0.29) is 32.3 Å². The first-order valence-corrected chi connectivity index (χ1v) is 16.0. The van der Waals surface area contributed by atoms with Gasteiger partial charge in [-0.05, 0) is 63.1 Å². The highest BCUT2D eigenvalue weighted by Gasteiger charge is 2.48. The van der Waals surface area contributed by atoms with Gasteiger partial charge in [-0.3, -0.25) is 0 Å². The molecule has 4 nitrogen and oxygen atoms in total. The molecule has 0 saturated heterocycles. The van der Waals surface area contributed by atoms with Crippen LogP contribution in [-0.2, 0) is 10.2 Å². The van der Waals surface area contributed by atoms with E-state index in [1.807, 2.05) is 24.3 Å². The molecular formula is C42H38O4. The second-order valence-corrected chi connectivity index (χ2v) is 12.0. The summed E-state index contributed by atoms with van der Waals surface area (Å²) >= 11 is 0. The third-order valence-corrected chi connectivity index (χ3v) is 9.27. The van der Waals surface area contributed by atoms with E-state index in [9.17, 15) is 10.2 Å². The zero-order chi connectivity index (χ0) is 31.5. The fourth-order valence-electron chi connectivity index (χ4n) is 7.44. The van der Waals surface area contributed by atoms with Crippen LogP contribution in [0.1, 0.15) is 35.6 Å². The highest BCUT2D eigenvalue weighted by molar-refractivity contribution is 5.89. The van der Waals surface area contributed by atoms with Crippen molar-refractivity contribution < 1.29 is 19.7 Å². The standard InChI is InChI=1S/C42H38O4/c1-29-26-33(28-37(41(29)46-25-23-44)31-14-6-3-7-15-31)42(38-18-10-8-16-34(38)35-17-9-11-19-39(35)42)32-20-21-40(45-24-22-43)36(27-32)30-12-4-2-5-13-30/h2-21,27-29,43-44H,22-26H2,1H3. The summed E-state index contributed by atoms with van der Waals surface area (Å²) in [6, 6.07) is 44.9. The lowest BCUT2D eigenvalue weighted by Crippen LogP contribution is -2.32. The van der Waals surface area contributed by atoms with Gasteiger partial charge in [0.1, 0.15) is 24.7 Å². The molecule has 5 aromatic carbocycles. The van der Waals surface area contributed by atoms with Gasteiger partial charge in [0.25, 0.3) is 0 Å². The molecule has 0 heterocycles. The minimum absolute atomic E-state index is 0.0352. The van der Waals surface area contributed by atoms with E-state index < -0.39 is 5.41 Å². The van der Waals surface area contributed by atoms with Gasteiger partial charge in [-0.1, -0.05) is 128 Å². The maximum absolute atomic E-state index is 9.68. The number of ether oxygens (including phenoxy) is 2. The SMILES string of the molecule is CC1CC(C2(c3ccc(OCCO)c(-c4ccccc4)c3)c3ccccc3-c3ccccc32)=CC(c2ccccc2)=C1OCCO. The van der Waals surface area contributed by atoms with Crippen molar-refractivity contribution in [3.63, 3.8) is 0 Å². The molecule has 1 unspecified atom stereocenters. The monoisotopic (exact) mass is 606 g/mol. The lowest BCUT2D eigenvalue weighted by molar-refractivity contribution is 0.127. The molecular weight excluding hydrogens is 568 g/mol. The predicted octanol–water partition coefficient (Wildman–Crippen LogP) is 8.43. The van der Waals surface area contributed by atoms with Gasteiger partial charge in [0.15, 0.2) is 0 Å². The third kappa shape index (κ3) is 5.04. The van der Waals surface area contributed by atoms with Crippen molar-refractivity contribution in [3.05, 3.63) is 167 Å². The van der Waals surface area contributed by atoms with Gasteiger partial charge in [0, 0.05) is 17.1 Å². The van der Waals surface area contributed by atoms with Crippen molar-refractivity contribution in [1.29, 1.82) is 0 Å². The number of hydrogen-bond acceptors (Lipinski definition) is 4. The predicted molar refractivity (Wildman–Crippen MR) is 184 cm³/mol. The first kappa shape index (κ1) is 29.8. The van der Waals surface area contributed by atoms with Crippen molar-refractivity contribution >= 4 is 5.57 Å². The van der Waals surface area contributed by atoms with Gasteiger partial charge in [-0.2, -0.15) is 0 Å². The first-order valence-electron chi connectivity index (χ1n) is 16.0. The molecule has 7 rings (SSSR count). The van der Waals surface area contributed by atoms with Gasteiger partial charge < -0.3 is 19.7 Å². The van der Waals surface area contributed by atoms with Crippen LogP contribution in [-0.4, -0.2) is 36.6 Å². The molecule has 1 atom stereocenters. The quantitative estimate of drug-likeness (QED) is 0.168. The lowest BCUT2D eigenvalue weighted by atomic mass is 9.63. The summed E-state index contributed by atoms with van der Waals surface area (Å²) in [4.78, 5) is 0. The topological polar surface area (TPSA) is 58.9 Å². The van der Waals surface area contributed by atoms with Gasteiger partial charge in [-0.25, -0.2) is 0 Å². The van der Waals surface area contributed by atoms with E-state index in [0.29, 0.717) is 0 Å². The smallest absolute Gasteiger partial charge is 0.127 e. The number of allylic oxidation sites excluding steroid dienone is 4. The molecule has 46 heavy (non-hydrogen) atoms. The molecule has 2 aliphatic rings. The molecule has 0 amide bonds. The van der Waals surface area contributed by atoms with Crippen LogP contribution >= 0.6 is 0 Å². The van der Waals surface area contributed by atoms with Crippen LogP contribution in [0.15, 0.2) is 145 Å². The number of hydrogen-bond donors (Lipinski definition) is 2. The Bertz CT molecular complexity index is 1860. The van der Waals surface area contributed by atoms with E-state index in [2.05, 4.69) is 116 Å². The number of rotatable bonds is 10. The summed E-state index contributed by atoms with van der Waals surface area (Å²) in [5.74, 6) is 1.74. The largest absolute Gasteiger partial charge is 0.495 e. The fraction of sp³-hybridized carbons (Fsp3) is 0.190. The Labute approximate surface area is 270 Å². The molecule has 0 saturated carbocycles. The van der Waals surface area contributed by atoms with Crippen LogP contribution in [0.3, 0.4) is 0 Å². The van der Waals surface area contributed by atoms with Crippen LogP contribution in [0.25, 0.3) is 27.8 Å². The van der Waals surface area contributed by atoms with E-state index in [1.54, 1.807) is 0 Å². The maximum atomic E-state index is 9.68. The number of benzene rings is 5. The van der Waals surface area contributed by atoms with Crippen molar-refractivity contribution in [1.82, 2.24) is 0 Å². The van der Waals surface area contributed by atoms with Crippen LogP contribution in [0.2, 0.25) is 0 Å². The molecule has 0 fully saturated rings. The fourth-order valence-corrected chi connectivity index (χ4v) is 7.44. The van der Waals surface area contributed by atoms with Crippen molar-refractivity contribution in [2.24, 2.45) is 5.92 Å². The highest BCUT2D eigenvalue weighted by atomic mass is 16.5. The van der Waals surface area contributed by atoms with E-state index in [0.717, 1.165) is 45.8 Å². The lowest BCUT2D eigenvalue weighted by Gasteiger charge is -2.40. The Morgan fingerprint density at radius 3 is 1.83 bits per heavy atom. The Morgan fingerprint density at radius 1 is 0.630 bits per heavy atom. The second kappa shape index (κ2) is 12.8. The van der Waals surface area contributed by atoms with Gasteiger partial charge in [-0.15, -0.1) is 0 Å².